The third-order valence-corrected chi connectivity index (χ3v) is 6.39. The summed E-state index contributed by atoms with van der Waals surface area (Å²) in [6.45, 7) is 7.94. The van der Waals surface area contributed by atoms with Crippen LogP contribution in [0.2, 0.25) is 5.02 Å². The van der Waals surface area contributed by atoms with Gasteiger partial charge in [-0.2, -0.15) is 5.10 Å². The number of rotatable bonds is 5. The van der Waals surface area contributed by atoms with Crippen LogP contribution in [0.3, 0.4) is 0 Å². The molecule has 3 aliphatic heterocycles. The highest BCUT2D eigenvalue weighted by Crippen LogP contribution is 2.54. The largest absolute Gasteiger partial charge is 0.370 e. The van der Waals surface area contributed by atoms with E-state index in [1.165, 1.54) is 5.57 Å². The fraction of sp³-hybridized carbons (Fsp3) is 0.684. The number of fused-ring (bicyclic) bond motifs is 1. The smallest absolute Gasteiger partial charge is 0.273 e. The van der Waals surface area contributed by atoms with Crippen molar-refractivity contribution in [2.24, 2.45) is 18.9 Å². The molecule has 3 fully saturated rings. The summed E-state index contributed by atoms with van der Waals surface area (Å²) in [5.74, 6) is 0.657. The van der Waals surface area contributed by atoms with Crippen LogP contribution in [0.5, 0.6) is 0 Å². The molecule has 3 saturated heterocycles. The van der Waals surface area contributed by atoms with Gasteiger partial charge in [0.2, 0.25) is 0 Å². The second-order valence-corrected chi connectivity index (χ2v) is 8.62. The molecule has 7 heteroatoms. The molecule has 1 N–H and O–H groups in total. The topological polar surface area (TPSA) is 59.4 Å². The first-order chi connectivity index (χ1) is 12.4. The summed E-state index contributed by atoms with van der Waals surface area (Å²) in [5, 5.41) is 7.58. The number of aromatic nitrogens is 2. The maximum Gasteiger partial charge on any atom is 0.273 e. The molecule has 4 heterocycles. The molecule has 1 spiro atoms. The molecule has 0 saturated carbocycles. The van der Waals surface area contributed by atoms with E-state index in [0.29, 0.717) is 29.1 Å². The van der Waals surface area contributed by atoms with E-state index in [1.807, 2.05) is 0 Å². The zero-order valence-corrected chi connectivity index (χ0v) is 16.4. The Morgan fingerprint density at radius 2 is 2.35 bits per heavy atom. The Labute approximate surface area is 159 Å². The first-order valence-electron chi connectivity index (χ1n) is 9.39. The maximum absolute atomic E-state index is 12.4. The Hall–Kier alpha value is -1.37. The Morgan fingerprint density at radius 1 is 1.54 bits per heavy atom. The summed E-state index contributed by atoms with van der Waals surface area (Å²) < 4.78 is 8.00. The average molecular weight is 379 g/mol. The van der Waals surface area contributed by atoms with Gasteiger partial charge in [0.1, 0.15) is 0 Å². The summed E-state index contributed by atoms with van der Waals surface area (Å²) in [4.78, 5) is 14.9. The lowest BCUT2D eigenvalue weighted by Crippen LogP contribution is -2.42. The minimum absolute atomic E-state index is 0.00180. The van der Waals surface area contributed by atoms with Crippen LogP contribution in [0, 0.1) is 11.8 Å². The van der Waals surface area contributed by atoms with Gasteiger partial charge in [0.05, 0.1) is 16.7 Å². The van der Waals surface area contributed by atoms with E-state index in [1.54, 1.807) is 17.9 Å². The van der Waals surface area contributed by atoms with Crippen LogP contribution < -0.4 is 5.32 Å². The number of carbonyl (C=O) groups is 1. The molecule has 6 nitrogen and oxygen atoms in total. The number of amides is 1. The molecule has 1 amide bonds. The Balaban J connectivity index is 1.41. The third kappa shape index (κ3) is 3.08. The monoisotopic (exact) mass is 378 g/mol. The minimum atomic E-state index is -0.202. The Bertz CT molecular complexity index is 742. The quantitative estimate of drug-likeness (QED) is 0.798. The molecule has 26 heavy (non-hydrogen) atoms. The number of nitrogens with zero attached hydrogens (tertiary/aromatic N) is 3. The normalized spacial score (nSPS) is 32.7. The lowest BCUT2D eigenvalue weighted by Gasteiger charge is -2.29. The summed E-state index contributed by atoms with van der Waals surface area (Å²) >= 11 is 6.08. The highest BCUT2D eigenvalue weighted by Gasteiger charge is 2.62. The van der Waals surface area contributed by atoms with Gasteiger partial charge in [-0.3, -0.25) is 14.4 Å². The molecule has 142 valence electrons. The summed E-state index contributed by atoms with van der Waals surface area (Å²) in [6, 6.07) is 0. The summed E-state index contributed by atoms with van der Waals surface area (Å²) in [7, 11) is 1.76. The summed E-state index contributed by atoms with van der Waals surface area (Å²) in [6.07, 6.45) is 6.43. The summed E-state index contributed by atoms with van der Waals surface area (Å²) in [5.41, 5.74) is 1.64. The van der Waals surface area contributed by atoms with Gasteiger partial charge in [-0.1, -0.05) is 23.3 Å². The van der Waals surface area contributed by atoms with Crippen LogP contribution in [-0.2, 0) is 11.8 Å². The first-order valence-corrected chi connectivity index (χ1v) is 9.76. The number of carbonyl (C=O) groups excluding carboxylic acids is 1. The van der Waals surface area contributed by atoms with E-state index in [0.717, 1.165) is 32.5 Å². The van der Waals surface area contributed by atoms with Crippen molar-refractivity contribution < 1.29 is 9.53 Å². The standard InChI is InChI=1S/C19H27ClN4O2/c1-12(2)5-7-24-9-14-13(16-4-6-19(14,11-24)26-16)8-21-18(25)17-15(20)10-23(3)22-17/h5,10,13-14,16H,4,6-9,11H2,1-3H3,(H,21,25)/t13-,14+,16+,19+/m0/s1. The number of hydrogen-bond acceptors (Lipinski definition) is 4. The van der Waals surface area contributed by atoms with Gasteiger partial charge in [0, 0.05) is 51.3 Å². The molecular formula is C19H27ClN4O2. The van der Waals surface area contributed by atoms with E-state index in [2.05, 4.69) is 35.2 Å². The zero-order valence-electron chi connectivity index (χ0n) is 15.7. The fourth-order valence-corrected chi connectivity index (χ4v) is 5.18. The molecule has 0 aliphatic carbocycles. The zero-order chi connectivity index (χ0) is 18.5. The SMILES string of the molecule is CC(C)=CCN1C[C@@H]2[C@H](CNC(=O)c3nn(C)cc3Cl)[C@H]3CC[C@]2(C1)O3. The van der Waals surface area contributed by atoms with Gasteiger partial charge in [0.15, 0.2) is 5.69 Å². The molecule has 0 radical (unpaired) electrons. The Morgan fingerprint density at radius 3 is 3.04 bits per heavy atom. The minimum Gasteiger partial charge on any atom is -0.370 e. The van der Waals surface area contributed by atoms with Crippen LogP contribution in [-0.4, -0.2) is 58.5 Å². The number of ether oxygens (including phenoxy) is 1. The number of nitrogens with one attached hydrogen (secondary N) is 1. The van der Waals surface area contributed by atoms with E-state index < -0.39 is 0 Å². The number of aryl methyl sites for hydroxylation is 1. The second-order valence-electron chi connectivity index (χ2n) is 8.21. The second kappa shape index (κ2) is 6.66. The molecule has 4 atom stereocenters. The van der Waals surface area contributed by atoms with Gasteiger partial charge in [-0.05, 0) is 26.7 Å². The van der Waals surface area contributed by atoms with Crippen LogP contribution in [0.15, 0.2) is 17.8 Å². The highest BCUT2D eigenvalue weighted by molar-refractivity contribution is 6.33. The van der Waals surface area contributed by atoms with Gasteiger partial charge in [-0.15, -0.1) is 0 Å². The highest BCUT2D eigenvalue weighted by atomic mass is 35.5. The van der Waals surface area contributed by atoms with Crippen LogP contribution in [0.25, 0.3) is 0 Å². The van der Waals surface area contributed by atoms with Crippen LogP contribution in [0.4, 0.5) is 0 Å². The molecule has 2 bridgehead atoms. The van der Waals surface area contributed by atoms with E-state index in [9.17, 15) is 4.79 Å². The van der Waals surface area contributed by atoms with Crippen LogP contribution >= 0.6 is 11.6 Å². The molecular weight excluding hydrogens is 352 g/mol. The van der Waals surface area contributed by atoms with Crippen molar-refractivity contribution in [3.05, 3.63) is 28.6 Å². The van der Waals surface area contributed by atoms with E-state index in [-0.39, 0.29) is 17.6 Å². The number of halogens is 1. The van der Waals surface area contributed by atoms with Crippen molar-refractivity contribution >= 4 is 17.5 Å². The number of hydrogen-bond donors (Lipinski definition) is 1. The van der Waals surface area contributed by atoms with Crippen molar-refractivity contribution in [3.8, 4) is 0 Å². The van der Waals surface area contributed by atoms with Crippen molar-refractivity contribution in [2.45, 2.75) is 38.4 Å². The average Bonchev–Trinajstić information content (AvgIpc) is 3.29. The Kier molecular flexibility index (Phi) is 4.61. The molecule has 4 rings (SSSR count). The predicted octanol–water partition coefficient (Wildman–Crippen LogP) is 2.25. The lowest BCUT2D eigenvalue weighted by molar-refractivity contribution is 0.00363. The van der Waals surface area contributed by atoms with Crippen molar-refractivity contribution in [2.75, 3.05) is 26.2 Å². The maximum atomic E-state index is 12.4. The fourth-order valence-electron chi connectivity index (χ4n) is 4.92. The molecule has 1 aromatic rings. The van der Waals surface area contributed by atoms with Gasteiger partial charge in [-0.25, -0.2) is 0 Å². The van der Waals surface area contributed by atoms with Gasteiger partial charge < -0.3 is 10.1 Å². The number of likely N-dealkylation sites (tertiary alicyclic amines) is 1. The molecule has 1 aromatic heterocycles. The van der Waals surface area contributed by atoms with Crippen LogP contribution in [0.1, 0.15) is 37.2 Å². The predicted molar refractivity (Wildman–Crippen MR) is 100 cm³/mol. The van der Waals surface area contributed by atoms with Gasteiger partial charge in [0.25, 0.3) is 5.91 Å². The first kappa shape index (κ1) is 18.0. The van der Waals surface area contributed by atoms with Crippen molar-refractivity contribution in [3.63, 3.8) is 0 Å². The van der Waals surface area contributed by atoms with E-state index >= 15 is 0 Å². The number of allylic oxidation sites excluding steroid dienone is 1. The molecule has 0 unspecified atom stereocenters. The van der Waals surface area contributed by atoms with Crippen molar-refractivity contribution in [1.29, 1.82) is 0 Å². The third-order valence-electron chi connectivity index (χ3n) is 6.11. The van der Waals surface area contributed by atoms with Gasteiger partial charge >= 0.3 is 0 Å². The molecule has 0 aromatic carbocycles. The lowest BCUT2D eigenvalue weighted by atomic mass is 9.73. The molecule has 3 aliphatic rings. The van der Waals surface area contributed by atoms with E-state index in [4.69, 9.17) is 16.3 Å². The van der Waals surface area contributed by atoms with Crippen molar-refractivity contribution in [1.82, 2.24) is 20.0 Å².